The van der Waals surface area contributed by atoms with E-state index in [0.717, 1.165) is 36.5 Å². The summed E-state index contributed by atoms with van der Waals surface area (Å²) in [6, 6.07) is 0. The van der Waals surface area contributed by atoms with Crippen molar-refractivity contribution < 1.29 is 9.59 Å². The molecule has 3 heterocycles. The van der Waals surface area contributed by atoms with Gasteiger partial charge in [0.15, 0.2) is 0 Å². The van der Waals surface area contributed by atoms with Crippen LogP contribution in [0.4, 0.5) is 0 Å². The molecule has 1 N–H and O–H groups in total. The van der Waals surface area contributed by atoms with Gasteiger partial charge in [0.05, 0.1) is 6.20 Å². The number of nitrogens with zero attached hydrogens (tertiary/aromatic N) is 4. The van der Waals surface area contributed by atoms with E-state index in [2.05, 4.69) is 15.4 Å². The van der Waals surface area contributed by atoms with Crippen LogP contribution in [0.25, 0.3) is 10.6 Å². The lowest BCUT2D eigenvalue weighted by molar-refractivity contribution is -0.130. The molecule has 2 amide bonds. The van der Waals surface area contributed by atoms with Crippen LogP contribution in [0.5, 0.6) is 0 Å². The number of aryl methyl sites for hydroxylation is 1. The molecule has 7 nitrogen and oxygen atoms in total. The third kappa shape index (κ3) is 3.81. The first-order chi connectivity index (χ1) is 11.5. The van der Waals surface area contributed by atoms with Crippen molar-refractivity contribution in [2.75, 3.05) is 19.6 Å². The van der Waals surface area contributed by atoms with Gasteiger partial charge < -0.3 is 10.2 Å². The highest BCUT2D eigenvalue weighted by Crippen LogP contribution is 2.23. The van der Waals surface area contributed by atoms with E-state index >= 15 is 0 Å². The molecular weight excluding hydrogens is 326 g/mol. The smallest absolute Gasteiger partial charge is 0.270 e. The first-order valence-electron chi connectivity index (χ1n) is 8.01. The van der Waals surface area contributed by atoms with Gasteiger partial charge in [0.1, 0.15) is 10.7 Å². The number of aromatic nitrogens is 3. The molecule has 1 saturated heterocycles. The Balaban J connectivity index is 1.51. The number of piperidine rings is 1. The molecule has 1 aliphatic heterocycles. The van der Waals surface area contributed by atoms with Gasteiger partial charge in [-0.3, -0.25) is 14.3 Å². The summed E-state index contributed by atoms with van der Waals surface area (Å²) >= 11 is 1.44. The molecule has 0 radical (unpaired) electrons. The van der Waals surface area contributed by atoms with Crippen molar-refractivity contribution in [3.05, 3.63) is 23.5 Å². The average Bonchev–Trinajstić information content (AvgIpc) is 3.22. The summed E-state index contributed by atoms with van der Waals surface area (Å²) in [5.41, 5.74) is 1.36. The maximum absolute atomic E-state index is 12.3. The molecule has 24 heavy (non-hydrogen) atoms. The predicted molar refractivity (Wildman–Crippen MR) is 91.6 cm³/mol. The molecule has 3 rings (SSSR count). The number of carbonyl (C=O) groups excluding carboxylic acids is 2. The second kappa shape index (κ2) is 7.12. The number of nitrogens with one attached hydrogen (secondary N) is 1. The SMILES string of the molecule is CC(=O)N1CCC(CNC(=O)c2csc(-c3cnn(C)c3)n2)CC1. The van der Waals surface area contributed by atoms with Gasteiger partial charge in [0, 0.05) is 50.7 Å². The Hall–Kier alpha value is -2.22. The zero-order valence-corrected chi connectivity index (χ0v) is 14.7. The first kappa shape index (κ1) is 16.6. The largest absolute Gasteiger partial charge is 0.350 e. The van der Waals surface area contributed by atoms with Crippen LogP contribution in [0.2, 0.25) is 0 Å². The summed E-state index contributed by atoms with van der Waals surface area (Å²) in [6.07, 6.45) is 5.47. The van der Waals surface area contributed by atoms with Gasteiger partial charge in [-0.1, -0.05) is 0 Å². The molecule has 0 spiro atoms. The van der Waals surface area contributed by atoms with Gasteiger partial charge in [0.25, 0.3) is 5.91 Å². The molecular formula is C16H21N5O2S. The second-order valence-corrected chi connectivity index (χ2v) is 6.96. The number of hydrogen-bond acceptors (Lipinski definition) is 5. The highest BCUT2D eigenvalue weighted by molar-refractivity contribution is 7.13. The number of rotatable bonds is 4. The topological polar surface area (TPSA) is 80.1 Å². The monoisotopic (exact) mass is 347 g/mol. The first-order valence-corrected chi connectivity index (χ1v) is 8.89. The summed E-state index contributed by atoms with van der Waals surface area (Å²) in [7, 11) is 1.85. The lowest BCUT2D eigenvalue weighted by Gasteiger charge is -2.31. The second-order valence-electron chi connectivity index (χ2n) is 6.10. The summed E-state index contributed by atoms with van der Waals surface area (Å²) in [4.78, 5) is 29.8. The standard InChI is InChI=1S/C16H21N5O2S/c1-11(22)21-5-3-12(4-6-21)7-17-15(23)14-10-24-16(19-14)13-8-18-20(2)9-13/h8-10,12H,3-7H2,1-2H3,(H,17,23). The molecule has 1 aliphatic rings. The molecule has 0 unspecified atom stereocenters. The molecule has 0 aliphatic carbocycles. The number of thiazole rings is 1. The van der Waals surface area contributed by atoms with Gasteiger partial charge in [-0.05, 0) is 18.8 Å². The normalized spacial score (nSPS) is 15.5. The third-order valence-electron chi connectivity index (χ3n) is 4.30. The molecule has 0 aromatic carbocycles. The molecule has 0 atom stereocenters. The van der Waals surface area contributed by atoms with Gasteiger partial charge in [-0.25, -0.2) is 4.98 Å². The minimum absolute atomic E-state index is 0.128. The van der Waals surface area contributed by atoms with E-state index < -0.39 is 0 Å². The fourth-order valence-electron chi connectivity index (χ4n) is 2.82. The van der Waals surface area contributed by atoms with Crippen LogP contribution in [0.15, 0.2) is 17.8 Å². The van der Waals surface area contributed by atoms with E-state index in [0.29, 0.717) is 18.2 Å². The van der Waals surface area contributed by atoms with Crippen LogP contribution < -0.4 is 5.32 Å². The van der Waals surface area contributed by atoms with Crippen molar-refractivity contribution in [1.29, 1.82) is 0 Å². The van der Waals surface area contributed by atoms with Crippen molar-refractivity contribution in [2.24, 2.45) is 13.0 Å². The van der Waals surface area contributed by atoms with Crippen molar-refractivity contribution in [3.8, 4) is 10.6 Å². The van der Waals surface area contributed by atoms with Gasteiger partial charge >= 0.3 is 0 Å². The maximum atomic E-state index is 12.3. The van der Waals surface area contributed by atoms with Gasteiger partial charge in [0.2, 0.25) is 5.91 Å². The molecule has 0 saturated carbocycles. The van der Waals surface area contributed by atoms with E-state index in [-0.39, 0.29) is 11.8 Å². The minimum atomic E-state index is -0.143. The van der Waals surface area contributed by atoms with E-state index in [9.17, 15) is 9.59 Å². The summed E-state index contributed by atoms with van der Waals surface area (Å²) in [6.45, 7) is 3.78. The van der Waals surface area contributed by atoms with E-state index in [4.69, 9.17) is 0 Å². The Bertz CT molecular complexity index is 730. The summed E-state index contributed by atoms with van der Waals surface area (Å²) in [5.74, 6) is 0.402. The fraction of sp³-hybridized carbons (Fsp3) is 0.500. The van der Waals surface area contributed by atoms with E-state index in [1.165, 1.54) is 11.3 Å². The Morgan fingerprint density at radius 2 is 2.12 bits per heavy atom. The third-order valence-corrected chi connectivity index (χ3v) is 5.19. The fourth-order valence-corrected chi connectivity index (χ4v) is 3.60. The lowest BCUT2D eigenvalue weighted by atomic mass is 9.97. The minimum Gasteiger partial charge on any atom is -0.350 e. The highest BCUT2D eigenvalue weighted by atomic mass is 32.1. The highest BCUT2D eigenvalue weighted by Gasteiger charge is 2.21. The van der Waals surface area contributed by atoms with Crippen LogP contribution in [-0.4, -0.2) is 51.1 Å². The lowest BCUT2D eigenvalue weighted by Crippen LogP contribution is -2.40. The Kier molecular flexibility index (Phi) is 4.94. The van der Waals surface area contributed by atoms with Crippen molar-refractivity contribution in [2.45, 2.75) is 19.8 Å². The van der Waals surface area contributed by atoms with Crippen molar-refractivity contribution in [1.82, 2.24) is 25.0 Å². The summed E-state index contributed by atoms with van der Waals surface area (Å²) in [5, 5.41) is 9.65. The molecule has 128 valence electrons. The molecule has 2 aromatic rings. The van der Waals surface area contributed by atoms with Gasteiger partial charge in [-0.2, -0.15) is 5.10 Å². The van der Waals surface area contributed by atoms with Crippen molar-refractivity contribution in [3.63, 3.8) is 0 Å². The Morgan fingerprint density at radius 1 is 1.38 bits per heavy atom. The van der Waals surface area contributed by atoms with E-state index in [1.54, 1.807) is 23.2 Å². The zero-order chi connectivity index (χ0) is 17.1. The average molecular weight is 347 g/mol. The summed E-state index contributed by atoms with van der Waals surface area (Å²) < 4.78 is 1.71. The zero-order valence-electron chi connectivity index (χ0n) is 13.9. The number of hydrogen-bond donors (Lipinski definition) is 1. The van der Waals surface area contributed by atoms with Crippen LogP contribution in [0.3, 0.4) is 0 Å². The molecule has 8 heteroatoms. The number of likely N-dealkylation sites (tertiary alicyclic amines) is 1. The van der Waals surface area contributed by atoms with Crippen molar-refractivity contribution >= 4 is 23.2 Å². The van der Waals surface area contributed by atoms with Crippen LogP contribution >= 0.6 is 11.3 Å². The van der Waals surface area contributed by atoms with Crippen LogP contribution in [-0.2, 0) is 11.8 Å². The number of carbonyl (C=O) groups is 2. The maximum Gasteiger partial charge on any atom is 0.270 e. The van der Waals surface area contributed by atoms with Gasteiger partial charge in [-0.15, -0.1) is 11.3 Å². The van der Waals surface area contributed by atoms with Crippen LogP contribution in [0.1, 0.15) is 30.3 Å². The predicted octanol–water partition coefficient (Wildman–Crippen LogP) is 1.53. The Labute approximate surface area is 144 Å². The van der Waals surface area contributed by atoms with E-state index in [1.807, 2.05) is 18.1 Å². The quantitative estimate of drug-likeness (QED) is 0.910. The Morgan fingerprint density at radius 3 is 2.75 bits per heavy atom. The molecule has 2 aromatic heterocycles. The van der Waals surface area contributed by atoms with Crippen LogP contribution in [0, 0.1) is 5.92 Å². The molecule has 0 bridgehead atoms. The molecule has 1 fully saturated rings. The number of amides is 2.